The summed E-state index contributed by atoms with van der Waals surface area (Å²) in [7, 11) is -2.17. The van der Waals surface area contributed by atoms with Crippen molar-refractivity contribution >= 4 is 44.4 Å². The van der Waals surface area contributed by atoms with E-state index in [1.165, 1.54) is 18.3 Å². The second kappa shape index (κ2) is 12.5. The highest BCUT2D eigenvalue weighted by atomic mass is 32.2. The molecule has 0 saturated heterocycles. The molecule has 194 valence electrons. The molecule has 0 aliphatic rings. The van der Waals surface area contributed by atoms with E-state index in [1.807, 2.05) is 22.2 Å². The molecule has 3 N–H and O–H groups in total. The number of aryl methyl sites for hydroxylation is 2. The smallest absolute Gasteiger partial charge is 0.284 e. The molecule has 9 nitrogen and oxygen atoms in total. The summed E-state index contributed by atoms with van der Waals surface area (Å²) in [5, 5.41) is 16.5. The van der Waals surface area contributed by atoms with Crippen molar-refractivity contribution in [1.29, 1.82) is 0 Å². The van der Waals surface area contributed by atoms with Crippen LogP contribution in [0.5, 0.6) is 5.75 Å². The first-order chi connectivity index (χ1) is 17.1. The molecular formula is C24H29N3O6S3. The molecule has 0 aliphatic carbocycles. The minimum absolute atomic E-state index is 0.0357. The molecule has 36 heavy (non-hydrogen) atoms. The van der Waals surface area contributed by atoms with Crippen LogP contribution in [0.25, 0.3) is 0 Å². The molecule has 1 amide bonds. The van der Waals surface area contributed by atoms with E-state index in [9.17, 15) is 23.1 Å². The Bertz CT molecular complexity index is 1270. The lowest BCUT2D eigenvalue weighted by molar-refractivity contribution is -0.129. The van der Waals surface area contributed by atoms with Crippen LogP contribution in [0, 0.1) is 6.92 Å². The SMILES string of the molecule is CCS(=O)(=O)NC(=O)c1nc(CNC(CCc2cccs2)C(=O)[C@H](O)c2ccc(OC)cc2)sc1C. The van der Waals surface area contributed by atoms with Gasteiger partial charge in [-0.1, -0.05) is 18.2 Å². The number of sulfonamides is 1. The van der Waals surface area contributed by atoms with Gasteiger partial charge in [0.15, 0.2) is 5.78 Å². The number of ether oxygens (including phenoxy) is 1. The lowest BCUT2D eigenvalue weighted by Crippen LogP contribution is -2.39. The molecule has 12 heteroatoms. The Balaban J connectivity index is 1.73. The summed E-state index contributed by atoms with van der Waals surface area (Å²) in [6, 6.07) is 9.93. The molecule has 2 atom stereocenters. The van der Waals surface area contributed by atoms with Crippen LogP contribution < -0.4 is 14.8 Å². The molecule has 2 heterocycles. The van der Waals surface area contributed by atoms with Crippen LogP contribution in [-0.2, 0) is 27.8 Å². The van der Waals surface area contributed by atoms with Crippen molar-refractivity contribution in [2.45, 2.75) is 45.4 Å². The molecule has 0 aliphatic heterocycles. The molecule has 0 radical (unpaired) electrons. The van der Waals surface area contributed by atoms with Crippen LogP contribution in [-0.4, -0.2) is 49.1 Å². The lowest BCUT2D eigenvalue weighted by Gasteiger charge is -2.20. The van der Waals surface area contributed by atoms with E-state index in [0.29, 0.717) is 34.0 Å². The molecular weight excluding hydrogens is 522 g/mol. The van der Waals surface area contributed by atoms with E-state index in [1.54, 1.807) is 49.6 Å². The lowest BCUT2D eigenvalue weighted by atomic mass is 9.97. The first-order valence-corrected chi connectivity index (χ1v) is 14.6. The minimum atomic E-state index is -3.71. The highest BCUT2D eigenvalue weighted by Crippen LogP contribution is 2.23. The van der Waals surface area contributed by atoms with Crippen LogP contribution in [0.2, 0.25) is 0 Å². The maximum absolute atomic E-state index is 13.3. The summed E-state index contributed by atoms with van der Waals surface area (Å²) >= 11 is 2.84. The average Bonchev–Trinajstić information content (AvgIpc) is 3.52. The fourth-order valence-electron chi connectivity index (χ4n) is 3.44. The highest BCUT2D eigenvalue weighted by molar-refractivity contribution is 7.90. The van der Waals surface area contributed by atoms with Gasteiger partial charge in [-0.3, -0.25) is 9.59 Å². The van der Waals surface area contributed by atoms with Gasteiger partial charge in [-0.05, 0) is 55.8 Å². The van der Waals surface area contributed by atoms with Crippen molar-refractivity contribution in [2.75, 3.05) is 12.9 Å². The number of benzene rings is 1. The number of aliphatic hydroxyl groups excluding tert-OH is 1. The number of thiazole rings is 1. The molecule has 3 rings (SSSR count). The van der Waals surface area contributed by atoms with Gasteiger partial charge in [0.2, 0.25) is 10.0 Å². The number of carbonyl (C=O) groups excluding carboxylic acids is 2. The predicted octanol–water partition coefficient (Wildman–Crippen LogP) is 2.99. The van der Waals surface area contributed by atoms with Crippen LogP contribution in [0.15, 0.2) is 41.8 Å². The Labute approximate surface area is 218 Å². The van der Waals surface area contributed by atoms with Crippen molar-refractivity contribution < 1.29 is 27.9 Å². The summed E-state index contributed by atoms with van der Waals surface area (Å²) in [5.74, 6) is -0.758. The maximum Gasteiger partial charge on any atom is 0.284 e. The summed E-state index contributed by atoms with van der Waals surface area (Å²) in [6.45, 7) is 3.30. The van der Waals surface area contributed by atoms with Crippen LogP contribution in [0.4, 0.5) is 0 Å². The number of aromatic nitrogens is 1. The Morgan fingerprint density at radius 1 is 1.19 bits per heavy atom. The second-order valence-electron chi connectivity index (χ2n) is 7.98. The fourth-order valence-corrected chi connectivity index (χ4v) is 5.57. The van der Waals surface area contributed by atoms with E-state index in [4.69, 9.17) is 4.74 Å². The van der Waals surface area contributed by atoms with Gasteiger partial charge in [0.05, 0.1) is 18.9 Å². The van der Waals surface area contributed by atoms with Gasteiger partial charge >= 0.3 is 0 Å². The zero-order chi connectivity index (χ0) is 26.3. The van der Waals surface area contributed by atoms with Crippen molar-refractivity contribution in [1.82, 2.24) is 15.0 Å². The Morgan fingerprint density at radius 2 is 1.92 bits per heavy atom. The normalized spacial score (nSPS) is 13.2. The number of aliphatic hydroxyl groups is 1. The molecule has 0 bridgehead atoms. The van der Waals surface area contributed by atoms with Gasteiger partial charge in [-0.2, -0.15) is 0 Å². The molecule has 3 aromatic rings. The number of nitrogens with one attached hydrogen (secondary N) is 2. The third-order valence-electron chi connectivity index (χ3n) is 5.49. The van der Waals surface area contributed by atoms with Crippen molar-refractivity contribution in [3.05, 3.63) is 67.8 Å². The topological polar surface area (TPSA) is 135 Å². The number of hydrogen-bond acceptors (Lipinski definition) is 10. The van der Waals surface area contributed by atoms with Crippen molar-refractivity contribution in [2.24, 2.45) is 0 Å². The summed E-state index contributed by atoms with van der Waals surface area (Å²) in [4.78, 5) is 31.6. The monoisotopic (exact) mass is 551 g/mol. The van der Waals surface area contributed by atoms with E-state index >= 15 is 0 Å². The Hall–Kier alpha value is -2.64. The third-order valence-corrected chi connectivity index (χ3v) is 8.65. The van der Waals surface area contributed by atoms with Gasteiger partial charge in [0, 0.05) is 16.3 Å². The van der Waals surface area contributed by atoms with E-state index in [2.05, 4.69) is 10.3 Å². The van der Waals surface area contributed by atoms with Crippen molar-refractivity contribution in [3.63, 3.8) is 0 Å². The molecule has 1 unspecified atom stereocenters. The summed E-state index contributed by atoms with van der Waals surface area (Å²) in [6.07, 6.45) is -0.218. The van der Waals surface area contributed by atoms with Crippen LogP contribution >= 0.6 is 22.7 Å². The van der Waals surface area contributed by atoms with Gasteiger partial charge < -0.3 is 15.2 Å². The Morgan fingerprint density at radius 3 is 2.53 bits per heavy atom. The van der Waals surface area contributed by atoms with E-state index in [-0.39, 0.29) is 23.8 Å². The number of methoxy groups -OCH3 is 1. The van der Waals surface area contributed by atoms with Gasteiger partial charge in [0.1, 0.15) is 22.6 Å². The van der Waals surface area contributed by atoms with Gasteiger partial charge in [0.25, 0.3) is 5.91 Å². The summed E-state index contributed by atoms with van der Waals surface area (Å²) < 4.78 is 30.6. The Kier molecular flexibility index (Phi) is 9.74. The molecule has 2 aromatic heterocycles. The van der Waals surface area contributed by atoms with Gasteiger partial charge in [-0.15, -0.1) is 22.7 Å². The zero-order valence-electron chi connectivity index (χ0n) is 20.2. The van der Waals surface area contributed by atoms with Crippen LogP contribution in [0.1, 0.15) is 50.3 Å². The summed E-state index contributed by atoms with van der Waals surface area (Å²) in [5.41, 5.74) is 0.499. The number of amides is 1. The minimum Gasteiger partial charge on any atom is -0.497 e. The standard InChI is InChI=1S/C24H29N3O6S3/c1-4-36(31,32)27-24(30)21-15(2)35-20(26-21)14-25-19(12-11-18-6-5-13-34-18)23(29)22(28)16-7-9-17(33-3)10-8-16/h5-10,13,19,22,25,28H,4,11-12,14H2,1-3H3,(H,27,30)/t19?,22-/m1/s1. The number of Topliss-reactive ketones (excluding diaryl/α,β-unsaturated/α-hetero) is 1. The average molecular weight is 552 g/mol. The quantitative estimate of drug-likeness (QED) is 0.295. The number of thiophene rings is 1. The number of rotatable bonds is 13. The second-order valence-corrected chi connectivity index (χ2v) is 12.3. The molecule has 1 aromatic carbocycles. The molecule has 0 saturated carbocycles. The first kappa shape index (κ1) is 27.9. The molecule has 0 spiro atoms. The van der Waals surface area contributed by atoms with Crippen molar-refractivity contribution in [3.8, 4) is 5.75 Å². The van der Waals surface area contributed by atoms with Crippen LogP contribution in [0.3, 0.4) is 0 Å². The largest absolute Gasteiger partial charge is 0.497 e. The van der Waals surface area contributed by atoms with Gasteiger partial charge in [-0.25, -0.2) is 18.1 Å². The highest BCUT2D eigenvalue weighted by Gasteiger charge is 2.27. The predicted molar refractivity (Wildman–Crippen MR) is 140 cm³/mol. The zero-order valence-corrected chi connectivity index (χ0v) is 22.6. The number of carbonyl (C=O) groups is 2. The number of hydrogen-bond donors (Lipinski definition) is 3. The fraction of sp³-hybridized carbons (Fsp3) is 0.375. The maximum atomic E-state index is 13.3. The number of ketones is 1. The molecule has 0 fully saturated rings. The van der Waals surface area contributed by atoms with E-state index < -0.39 is 28.1 Å². The number of nitrogens with zero attached hydrogens (tertiary/aromatic N) is 1. The van der Waals surface area contributed by atoms with E-state index in [0.717, 1.165) is 4.88 Å². The third kappa shape index (κ3) is 7.43. The first-order valence-electron chi connectivity index (χ1n) is 11.3.